The number of rotatable bonds is 3. The van der Waals surface area contributed by atoms with Crippen LogP contribution in [-0.2, 0) is 19.6 Å². The Morgan fingerprint density at radius 1 is 1.00 bits per heavy atom. The van der Waals surface area contributed by atoms with Gasteiger partial charge in [-0.25, -0.2) is 12.8 Å². The average molecular weight is 462 g/mol. The van der Waals surface area contributed by atoms with Crippen molar-refractivity contribution in [3.63, 3.8) is 0 Å². The van der Waals surface area contributed by atoms with Crippen molar-refractivity contribution in [2.45, 2.75) is 24.3 Å². The molecular formula is C22H24FN3O5S. The van der Waals surface area contributed by atoms with Crippen LogP contribution < -0.4 is 9.64 Å². The van der Waals surface area contributed by atoms with Gasteiger partial charge in [0.15, 0.2) is 6.10 Å². The molecule has 0 aliphatic carbocycles. The van der Waals surface area contributed by atoms with Crippen LogP contribution in [-0.4, -0.2) is 68.3 Å². The molecule has 4 rings (SSSR count). The fourth-order valence-electron chi connectivity index (χ4n) is 3.97. The van der Waals surface area contributed by atoms with Crippen molar-refractivity contribution < 1.29 is 27.1 Å². The van der Waals surface area contributed by atoms with Crippen molar-refractivity contribution >= 4 is 27.5 Å². The van der Waals surface area contributed by atoms with E-state index in [0.717, 1.165) is 12.1 Å². The van der Waals surface area contributed by atoms with Crippen LogP contribution in [0.25, 0.3) is 0 Å². The molecule has 8 nitrogen and oxygen atoms in total. The minimum absolute atomic E-state index is 0.0167. The highest BCUT2D eigenvalue weighted by atomic mass is 32.2. The van der Waals surface area contributed by atoms with E-state index in [9.17, 15) is 22.4 Å². The zero-order valence-corrected chi connectivity index (χ0v) is 18.4. The lowest BCUT2D eigenvalue weighted by atomic mass is 10.1. The maximum absolute atomic E-state index is 13.2. The summed E-state index contributed by atoms with van der Waals surface area (Å²) in [5.74, 6) is -0.523. The maximum Gasteiger partial charge on any atom is 0.265 e. The summed E-state index contributed by atoms with van der Waals surface area (Å²) in [6, 6.07) is 11.7. The van der Waals surface area contributed by atoms with Gasteiger partial charge >= 0.3 is 0 Å². The second-order valence-corrected chi connectivity index (χ2v) is 9.68. The quantitative estimate of drug-likeness (QED) is 0.697. The summed E-state index contributed by atoms with van der Waals surface area (Å²) in [7, 11) is -3.79. The lowest BCUT2D eigenvalue weighted by molar-refractivity contribution is -0.138. The Kier molecular flexibility index (Phi) is 6.16. The van der Waals surface area contributed by atoms with Crippen LogP contribution in [0.2, 0.25) is 0 Å². The van der Waals surface area contributed by atoms with Gasteiger partial charge in [0.2, 0.25) is 15.9 Å². The molecule has 0 saturated carbocycles. The minimum Gasteiger partial charge on any atom is -0.476 e. The summed E-state index contributed by atoms with van der Waals surface area (Å²) in [6.07, 6.45) is -0.416. The van der Waals surface area contributed by atoms with Crippen LogP contribution in [0, 0.1) is 5.82 Å². The molecule has 0 radical (unpaired) electrons. The topological polar surface area (TPSA) is 87.2 Å². The molecule has 10 heteroatoms. The molecule has 2 amide bonds. The van der Waals surface area contributed by atoms with Gasteiger partial charge in [0.05, 0.1) is 17.1 Å². The third kappa shape index (κ3) is 4.33. The van der Waals surface area contributed by atoms with Gasteiger partial charge in [-0.3, -0.25) is 9.59 Å². The van der Waals surface area contributed by atoms with E-state index in [4.69, 9.17) is 4.74 Å². The lowest BCUT2D eigenvalue weighted by Crippen LogP contribution is -2.52. The monoisotopic (exact) mass is 461 g/mol. The standard InChI is InChI=1S/C22H24FN3O5S/c1-16(27)26-15-21(31-20-6-3-2-5-19(20)26)22(28)24-11-4-12-25(14-13-24)32(29,30)18-9-7-17(23)8-10-18/h2-3,5-10,21H,4,11-15H2,1H3. The Balaban J connectivity index is 1.47. The molecule has 2 aromatic carbocycles. The van der Waals surface area contributed by atoms with Crippen molar-refractivity contribution in [1.29, 1.82) is 0 Å². The van der Waals surface area contributed by atoms with Gasteiger partial charge in [-0.05, 0) is 42.8 Å². The molecule has 0 N–H and O–H groups in total. The van der Waals surface area contributed by atoms with E-state index in [1.54, 1.807) is 29.2 Å². The second-order valence-electron chi connectivity index (χ2n) is 7.74. The second kappa shape index (κ2) is 8.87. The van der Waals surface area contributed by atoms with E-state index < -0.39 is 21.9 Å². The summed E-state index contributed by atoms with van der Waals surface area (Å²) in [6.45, 7) is 2.46. The van der Waals surface area contributed by atoms with Crippen LogP contribution >= 0.6 is 0 Å². The number of benzene rings is 2. The summed E-state index contributed by atoms with van der Waals surface area (Å²) in [5.41, 5.74) is 0.622. The van der Waals surface area contributed by atoms with Crippen molar-refractivity contribution in [2.24, 2.45) is 0 Å². The number of amides is 2. The molecule has 2 aliphatic rings. The summed E-state index contributed by atoms with van der Waals surface area (Å²) >= 11 is 0. The molecule has 170 valence electrons. The smallest absolute Gasteiger partial charge is 0.265 e. The van der Waals surface area contributed by atoms with Crippen molar-refractivity contribution in [3.05, 3.63) is 54.3 Å². The zero-order chi connectivity index (χ0) is 22.9. The average Bonchev–Trinajstić information content (AvgIpc) is 3.05. The van der Waals surface area contributed by atoms with Gasteiger partial charge in [0, 0.05) is 33.1 Å². The first-order chi connectivity index (χ1) is 15.3. The van der Waals surface area contributed by atoms with E-state index in [1.165, 1.54) is 28.3 Å². The van der Waals surface area contributed by atoms with Crippen LogP contribution in [0.5, 0.6) is 5.75 Å². The highest BCUT2D eigenvalue weighted by Gasteiger charge is 2.36. The fraction of sp³-hybridized carbons (Fsp3) is 0.364. The number of halogens is 1. The van der Waals surface area contributed by atoms with Crippen LogP contribution in [0.1, 0.15) is 13.3 Å². The van der Waals surface area contributed by atoms with Crippen LogP contribution in [0.15, 0.2) is 53.4 Å². The molecule has 0 spiro atoms. The number of sulfonamides is 1. The number of carbonyl (C=O) groups excluding carboxylic acids is 2. The molecular weight excluding hydrogens is 437 g/mol. The first-order valence-corrected chi connectivity index (χ1v) is 11.8. The van der Waals surface area contributed by atoms with Crippen molar-refractivity contribution in [2.75, 3.05) is 37.6 Å². The summed E-state index contributed by atoms with van der Waals surface area (Å²) < 4.78 is 46.2. The van der Waals surface area contributed by atoms with Crippen LogP contribution in [0.3, 0.4) is 0 Å². The Hall–Kier alpha value is -2.98. The number of carbonyl (C=O) groups is 2. The summed E-state index contributed by atoms with van der Waals surface area (Å²) in [4.78, 5) is 28.4. The zero-order valence-electron chi connectivity index (χ0n) is 17.6. The fourth-order valence-corrected chi connectivity index (χ4v) is 5.44. The van der Waals surface area contributed by atoms with Gasteiger partial charge in [-0.2, -0.15) is 4.31 Å². The molecule has 32 heavy (non-hydrogen) atoms. The highest BCUT2D eigenvalue weighted by Crippen LogP contribution is 2.33. The largest absolute Gasteiger partial charge is 0.476 e. The number of hydrogen-bond donors (Lipinski definition) is 0. The van der Waals surface area contributed by atoms with E-state index in [1.807, 2.05) is 0 Å². The molecule has 1 fully saturated rings. The van der Waals surface area contributed by atoms with E-state index in [2.05, 4.69) is 0 Å². The molecule has 0 aromatic heterocycles. The number of nitrogens with zero attached hydrogens (tertiary/aromatic N) is 3. The predicted molar refractivity (Wildman–Crippen MR) is 115 cm³/mol. The molecule has 1 atom stereocenters. The lowest BCUT2D eigenvalue weighted by Gasteiger charge is -2.35. The molecule has 1 saturated heterocycles. The van der Waals surface area contributed by atoms with E-state index >= 15 is 0 Å². The molecule has 2 aliphatic heterocycles. The number of ether oxygens (including phenoxy) is 1. The number of fused-ring (bicyclic) bond motifs is 1. The van der Waals surface area contributed by atoms with Gasteiger partial charge in [0.25, 0.3) is 5.91 Å². The Morgan fingerprint density at radius 2 is 1.72 bits per heavy atom. The molecule has 2 heterocycles. The van der Waals surface area contributed by atoms with Crippen LogP contribution in [0.4, 0.5) is 10.1 Å². The van der Waals surface area contributed by atoms with Gasteiger partial charge < -0.3 is 14.5 Å². The van der Waals surface area contributed by atoms with Crippen molar-refractivity contribution in [3.8, 4) is 5.75 Å². The Bertz CT molecular complexity index is 1120. The minimum atomic E-state index is -3.79. The third-order valence-corrected chi connectivity index (χ3v) is 7.56. The third-order valence-electron chi connectivity index (χ3n) is 5.65. The molecule has 2 aromatic rings. The van der Waals surface area contributed by atoms with Crippen molar-refractivity contribution in [1.82, 2.24) is 9.21 Å². The number of anilines is 1. The van der Waals surface area contributed by atoms with E-state index in [-0.39, 0.29) is 42.9 Å². The van der Waals surface area contributed by atoms with Gasteiger partial charge in [-0.15, -0.1) is 0 Å². The first-order valence-electron chi connectivity index (χ1n) is 10.4. The Labute approximate surface area is 186 Å². The molecule has 1 unspecified atom stereocenters. The number of para-hydroxylation sites is 2. The normalized spacial score (nSPS) is 19.6. The Morgan fingerprint density at radius 3 is 2.44 bits per heavy atom. The molecule has 0 bridgehead atoms. The SMILES string of the molecule is CC(=O)N1CC(C(=O)N2CCCN(S(=O)(=O)c3ccc(F)cc3)CC2)Oc2ccccc21. The predicted octanol–water partition coefficient (Wildman–Crippen LogP) is 1.86. The first kappa shape index (κ1) is 22.2. The van der Waals surface area contributed by atoms with E-state index in [0.29, 0.717) is 24.4 Å². The van der Waals surface area contributed by atoms with Gasteiger partial charge in [0.1, 0.15) is 11.6 Å². The summed E-state index contributed by atoms with van der Waals surface area (Å²) in [5, 5.41) is 0. The number of hydrogen-bond acceptors (Lipinski definition) is 5. The maximum atomic E-state index is 13.2. The highest BCUT2D eigenvalue weighted by molar-refractivity contribution is 7.89. The van der Waals surface area contributed by atoms with Gasteiger partial charge in [-0.1, -0.05) is 12.1 Å².